The van der Waals surface area contributed by atoms with E-state index in [4.69, 9.17) is 16.3 Å². The Balaban J connectivity index is 3.02. The zero-order valence-corrected chi connectivity index (χ0v) is 8.65. The lowest BCUT2D eigenvalue weighted by atomic mass is 10.1. The Bertz CT molecular complexity index is 104. The monoisotopic (exact) mass is 190 g/mol. The quantitative estimate of drug-likeness (QED) is 0.319. The third-order valence-electron chi connectivity index (χ3n) is 1.78. The third-order valence-corrected chi connectivity index (χ3v) is 2.10. The minimum Gasteiger partial charge on any atom is -0.483 e. The van der Waals surface area contributed by atoms with Gasteiger partial charge in [0.25, 0.3) is 0 Å². The van der Waals surface area contributed by atoms with Gasteiger partial charge in [0.15, 0.2) is 5.56 Å². The molecule has 1 unspecified atom stereocenters. The molecule has 0 saturated carbocycles. The van der Waals surface area contributed by atoms with Gasteiger partial charge in [0, 0.05) is 0 Å². The second kappa shape index (κ2) is 8.92. The molecule has 0 aromatic heterocycles. The highest BCUT2D eigenvalue weighted by atomic mass is 35.5. The molecule has 0 aliphatic heterocycles. The maximum absolute atomic E-state index is 5.80. The van der Waals surface area contributed by atoms with E-state index in [2.05, 4.69) is 13.5 Å². The molecule has 0 radical (unpaired) electrons. The van der Waals surface area contributed by atoms with Crippen LogP contribution in [0.2, 0.25) is 0 Å². The smallest absolute Gasteiger partial charge is 0.171 e. The Morgan fingerprint density at radius 3 is 2.58 bits per heavy atom. The van der Waals surface area contributed by atoms with Crippen LogP contribution in [0.1, 0.15) is 45.4 Å². The van der Waals surface area contributed by atoms with E-state index in [1.54, 1.807) is 0 Å². The van der Waals surface area contributed by atoms with E-state index in [1.165, 1.54) is 31.9 Å². The summed E-state index contributed by atoms with van der Waals surface area (Å²) in [5, 5.41) is 0. The number of unbranched alkanes of at least 4 members (excludes halogenated alkanes) is 4. The van der Waals surface area contributed by atoms with Crippen molar-refractivity contribution in [1.82, 2.24) is 0 Å². The number of ether oxygens (including phenoxy) is 1. The molecule has 0 saturated heterocycles. The maximum atomic E-state index is 5.80. The fraction of sp³-hybridized carbons (Fsp3) is 0.800. The normalized spacial score (nSPS) is 12.5. The second-order valence-electron chi connectivity index (χ2n) is 2.92. The summed E-state index contributed by atoms with van der Waals surface area (Å²) in [6, 6.07) is 0. The van der Waals surface area contributed by atoms with Crippen molar-refractivity contribution in [2.45, 2.75) is 51.0 Å². The summed E-state index contributed by atoms with van der Waals surface area (Å²) < 4.78 is 4.98. The first-order valence-corrected chi connectivity index (χ1v) is 5.15. The molecule has 0 aromatic carbocycles. The molecule has 1 nitrogen and oxygen atoms in total. The lowest BCUT2D eigenvalue weighted by Gasteiger charge is -2.07. The third kappa shape index (κ3) is 7.93. The van der Waals surface area contributed by atoms with Gasteiger partial charge in [-0.2, -0.15) is 0 Å². The minimum absolute atomic E-state index is 0.177. The van der Waals surface area contributed by atoms with Crippen molar-refractivity contribution in [2.75, 3.05) is 0 Å². The first-order valence-electron chi connectivity index (χ1n) is 4.71. The van der Waals surface area contributed by atoms with E-state index in [1.807, 2.05) is 0 Å². The standard InChI is InChI=1S/C10H19ClO/c1-3-5-6-7-8-9-10(11)12-4-2/h4,10H,2-3,5-9H2,1H3. The van der Waals surface area contributed by atoms with Crippen LogP contribution in [0.15, 0.2) is 12.8 Å². The summed E-state index contributed by atoms with van der Waals surface area (Å²) in [6.07, 6.45) is 8.68. The van der Waals surface area contributed by atoms with Crippen LogP contribution >= 0.6 is 11.6 Å². The van der Waals surface area contributed by atoms with Crippen molar-refractivity contribution >= 4 is 11.6 Å². The summed E-state index contributed by atoms with van der Waals surface area (Å²) in [6.45, 7) is 5.67. The Labute approximate surface area is 80.8 Å². The van der Waals surface area contributed by atoms with Crippen LogP contribution < -0.4 is 0 Å². The van der Waals surface area contributed by atoms with Crippen molar-refractivity contribution in [3.63, 3.8) is 0 Å². The Morgan fingerprint density at radius 1 is 1.33 bits per heavy atom. The molecule has 2 heteroatoms. The van der Waals surface area contributed by atoms with Crippen LogP contribution in [-0.4, -0.2) is 5.56 Å². The second-order valence-corrected chi connectivity index (χ2v) is 3.40. The van der Waals surface area contributed by atoms with Crippen LogP contribution in [0, 0.1) is 0 Å². The molecule has 1 atom stereocenters. The first-order chi connectivity index (χ1) is 5.81. The van der Waals surface area contributed by atoms with Gasteiger partial charge in [-0.15, -0.1) is 0 Å². The summed E-state index contributed by atoms with van der Waals surface area (Å²) in [5.74, 6) is 0. The highest BCUT2D eigenvalue weighted by molar-refractivity contribution is 6.19. The van der Waals surface area contributed by atoms with Gasteiger partial charge in [-0.05, 0) is 12.8 Å². The van der Waals surface area contributed by atoms with Gasteiger partial charge in [-0.3, -0.25) is 0 Å². The van der Waals surface area contributed by atoms with Crippen LogP contribution in [0.4, 0.5) is 0 Å². The molecule has 0 heterocycles. The van der Waals surface area contributed by atoms with Crippen LogP contribution in [0.5, 0.6) is 0 Å². The molecule has 0 fully saturated rings. The van der Waals surface area contributed by atoms with Crippen molar-refractivity contribution in [2.24, 2.45) is 0 Å². The van der Waals surface area contributed by atoms with Gasteiger partial charge >= 0.3 is 0 Å². The van der Waals surface area contributed by atoms with Gasteiger partial charge in [0.1, 0.15) is 0 Å². The molecule has 0 bridgehead atoms. The van der Waals surface area contributed by atoms with Gasteiger partial charge < -0.3 is 4.74 Å². The van der Waals surface area contributed by atoms with Crippen LogP contribution in [0.25, 0.3) is 0 Å². The van der Waals surface area contributed by atoms with Crippen LogP contribution in [0.3, 0.4) is 0 Å². The number of hydrogen-bond donors (Lipinski definition) is 0. The highest BCUT2D eigenvalue weighted by Gasteiger charge is 2.01. The van der Waals surface area contributed by atoms with E-state index in [0.717, 1.165) is 12.8 Å². The summed E-state index contributed by atoms with van der Waals surface area (Å²) in [7, 11) is 0. The molecule has 0 N–H and O–H groups in total. The summed E-state index contributed by atoms with van der Waals surface area (Å²) in [5.41, 5.74) is -0.177. The molecule has 0 aromatic rings. The van der Waals surface area contributed by atoms with Crippen molar-refractivity contribution in [1.29, 1.82) is 0 Å². The molecule has 0 aliphatic carbocycles. The van der Waals surface area contributed by atoms with Gasteiger partial charge in [-0.1, -0.05) is 50.8 Å². The van der Waals surface area contributed by atoms with E-state index in [9.17, 15) is 0 Å². The lowest BCUT2D eigenvalue weighted by molar-refractivity contribution is 0.204. The Kier molecular flexibility index (Phi) is 8.80. The molecular formula is C10H19ClO. The highest BCUT2D eigenvalue weighted by Crippen LogP contribution is 2.11. The summed E-state index contributed by atoms with van der Waals surface area (Å²) >= 11 is 5.80. The van der Waals surface area contributed by atoms with E-state index >= 15 is 0 Å². The molecule has 0 aliphatic rings. The first kappa shape index (κ1) is 11.8. The molecule has 0 rings (SSSR count). The number of hydrogen-bond acceptors (Lipinski definition) is 1. The van der Waals surface area contributed by atoms with Crippen molar-refractivity contribution in [3.8, 4) is 0 Å². The number of alkyl halides is 1. The molecule has 72 valence electrons. The fourth-order valence-corrected chi connectivity index (χ4v) is 1.31. The zero-order valence-electron chi connectivity index (χ0n) is 7.89. The van der Waals surface area contributed by atoms with Gasteiger partial charge in [-0.25, -0.2) is 0 Å². The molecule has 0 spiro atoms. The Hall–Kier alpha value is -0.170. The van der Waals surface area contributed by atoms with Crippen molar-refractivity contribution < 1.29 is 4.74 Å². The molecule has 0 amide bonds. The Morgan fingerprint density at radius 2 is 2.00 bits per heavy atom. The van der Waals surface area contributed by atoms with Gasteiger partial charge in [0.05, 0.1) is 6.26 Å². The fourth-order valence-electron chi connectivity index (χ4n) is 1.08. The number of halogens is 1. The molecular weight excluding hydrogens is 172 g/mol. The number of rotatable bonds is 8. The van der Waals surface area contributed by atoms with Gasteiger partial charge in [0.2, 0.25) is 0 Å². The van der Waals surface area contributed by atoms with Crippen LogP contribution in [-0.2, 0) is 4.74 Å². The maximum Gasteiger partial charge on any atom is 0.171 e. The predicted octanol–water partition coefficient (Wildman–Crippen LogP) is 4.07. The SMILES string of the molecule is C=COC(Cl)CCCCCCC. The minimum atomic E-state index is -0.177. The molecule has 12 heavy (non-hydrogen) atoms. The van der Waals surface area contributed by atoms with Crippen molar-refractivity contribution in [3.05, 3.63) is 12.8 Å². The summed E-state index contributed by atoms with van der Waals surface area (Å²) in [4.78, 5) is 0. The average molecular weight is 191 g/mol. The largest absolute Gasteiger partial charge is 0.483 e. The van der Waals surface area contributed by atoms with E-state index in [0.29, 0.717) is 0 Å². The average Bonchev–Trinajstić information content (AvgIpc) is 2.05. The van der Waals surface area contributed by atoms with E-state index < -0.39 is 0 Å². The zero-order chi connectivity index (χ0) is 9.23. The lowest BCUT2D eigenvalue weighted by Crippen LogP contribution is -1.99. The predicted molar refractivity (Wildman–Crippen MR) is 54.3 cm³/mol. The topological polar surface area (TPSA) is 9.23 Å². The van der Waals surface area contributed by atoms with E-state index in [-0.39, 0.29) is 5.56 Å².